The van der Waals surface area contributed by atoms with Crippen LogP contribution in [0, 0.1) is 0 Å². The predicted octanol–water partition coefficient (Wildman–Crippen LogP) is 2.61. The van der Waals surface area contributed by atoms with Crippen molar-refractivity contribution < 1.29 is 19.8 Å². The fourth-order valence-corrected chi connectivity index (χ4v) is 1.13. The minimum Gasteiger partial charge on any atom is -0.502 e. The summed E-state index contributed by atoms with van der Waals surface area (Å²) in [5.41, 5.74) is 0.425. The molecule has 17 heavy (non-hydrogen) atoms. The Kier molecular flexibility index (Phi) is 4.48. The summed E-state index contributed by atoms with van der Waals surface area (Å²) in [4.78, 5) is 21.7. The molecule has 0 radical (unpaired) electrons. The third-order valence-corrected chi connectivity index (χ3v) is 2.10. The molecule has 0 saturated carbocycles. The van der Waals surface area contributed by atoms with E-state index in [1.807, 2.05) is 0 Å². The van der Waals surface area contributed by atoms with Gasteiger partial charge in [-0.25, -0.2) is 4.79 Å². The lowest BCUT2D eigenvalue weighted by Crippen LogP contribution is -1.98. The Hall–Kier alpha value is -2.07. The summed E-state index contributed by atoms with van der Waals surface area (Å²) < 4.78 is 0. The van der Waals surface area contributed by atoms with E-state index < -0.39 is 11.7 Å². The molecule has 1 aromatic carbocycles. The first-order chi connectivity index (χ1) is 8.00. The number of allylic oxidation sites excluding steroid dienone is 3. The highest BCUT2D eigenvalue weighted by molar-refractivity contribution is 6.30. The Balaban J connectivity index is 2.73. The third kappa shape index (κ3) is 4.12. The Bertz CT molecular complexity index is 486. The molecule has 0 heterocycles. The fourth-order valence-electron chi connectivity index (χ4n) is 1.01. The Morgan fingerprint density at radius 1 is 1.12 bits per heavy atom. The van der Waals surface area contributed by atoms with Crippen LogP contribution in [0.5, 0.6) is 0 Å². The van der Waals surface area contributed by atoms with Gasteiger partial charge < -0.3 is 10.2 Å². The molecular weight excluding hydrogens is 244 g/mol. The molecule has 0 bridgehead atoms. The number of carboxylic acids is 1. The van der Waals surface area contributed by atoms with E-state index in [1.165, 1.54) is 6.08 Å². The van der Waals surface area contributed by atoms with Crippen LogP contribution in [0.4, 0.5) is 0 Å². The molecule has 88 valence electrons. The summed E-state index contributed by atoms with van der Waals surface area (Å²) >= 11 is 5.66. The van der Waals surface area contributed by atoms with Crippen molar-refractivity contribution in [2.75, 3.05) is 0 Å². The van der Waals surface area contributed by atoms with Crippen molar-refractivity contribution in [3.63, 3.8) is 0 Å². The van der Waals surface area contributed by atoms with E-state index in [0.29, 0.717) is 10.6 Å². The first-order valence-electron chi connectivity index (χ1n) is 4.61. The monoisotopic (exact) mass is 252 g/mol. The first-order valence-corrected chi connectivity index (χ1v) is 4.99. The highest BCUT2D eigenvalue weighted by Crippen LogP contribution is 2.10. The lowest BCUT2D eigenvalue weighted by molar-refractivity contribution is -0.135. The van der Waals surface area contributed by atoms with Crippen LogP contribution in [0.15, 0.2) is 48.3 Å². The molecule has 0 aliphatic heterocycles. The highest BCUT2D eigenvalue weighted by atomic mass is 35.5. The van der Waals surface area contributed by atoms with Gasteiger partial charge in [0.2, 0.25) is 5.76 Å². The number of benzene rings is 1. The summed E-state index contributed by atoms with van der Waals surface area (Å²) in [6, 6.07) is 6.26. The topological polar surface area (TPSA) is 74.6 Å². The lowest BCUT2D eigenvalue weighted by Gasteiger charge is -1.94. The molecular formula is C12H9ClO4. The summed E-state index contributed by atoms with van der Waals surface area (Å²) in [6.07, 6.45) is 3.25. The van der Waals surface area contributed by atoms with Crippen molar-refractivity contribution in [1.82, 2.24) is 0 Å². The average molecular weight is 253 g/mol. The second-order valence-corrected chi connectivity index (χ2v) is 3.52. The number of ketones is 1. The molecule has 0 unspecified atom stereocenters. The quantitative estimate of drug-likeness (QED) is 0.374. The number of aliphatic hydroxyl groups excluding tert-OH is 1. The van der Waals surface area contributed by atoms with Crippen LogP contribution in [0.3, 0.4) is 0 Å². The van der Waals surface area contributed by atoms with Crippen molar-refractivity contribution in [3.8, 4) is 0 Å². The van der Waals surface area contributed by atoms with Gasteiger partial charge in [0.05, 0.1) is 0 Å². The van der Waals surface area contributed by atoms with Crippen molar-refractivity contribution in [2.24, 2.45) is 0 Å². The zero-order chi connectivity index (χ0) is 12.8. The van der Waals surface area contributed by atoms with Gasteiger partial charge in [0, 0.05) is 10.6 Å². The van der Waals surface area contributed by atoms with E-state index in [9.17, 15) is 9.59 Å². The largest absolute Gasteiger partial charge is 0.502 e. The van der Waals surface area contributed by atoms with Crippen LogP contribution in [0.25, 0.3) is 0 Å². The van der Waals surface area contributed by atoms with E-state index >= 15 is 0 Å². The summed E-state index contributed by atoms with van der Waals surface area (Å²) in [7, 11) is 0. The molecule has 5 heteroatoms. The van der Waals surface area contributed by atoms with Crippen molar-refractivity contribution >= 4 is 23.4 Å². The SMILES string of the molecule is O=C(O)/C(O)=C/C=C/C(=O)c1ccc(Cl)cc1. The molecule has 0 fully saturated rings. The molecule has 1 aromatic rings. The Morgan fingerprint density at radius 3 is 2.24 bits per heavy atom. The second kappa shape index (κ2) is 5.86. The summed E-state index contributed by atoms with van der Waals surface area (Å²) in [6.45, 7) is 0. The number of halogens is 1. The van der Waals surface area contributed by atoms with Crippen LogP contribution < -0.4 is 0 Å². The Labute approximate surface area is 102 Å². The zero-order valence-electron chi connectivity index (χ0n) is 8.63. The molecule has 1 rings (SSSR count). The number of aliphatic hydroxyl groups is 1. The van der Waals surface area contributed by atoms with E-state index in [4.69, 9.17) is 21.8 Å². The number of hydrogen-bond acceptors (Lipinski definition) is 3. The van der Waals surface area contributed by atoms with Crippen molar-refractivity contribution in [1.29, 1.82) is 0 Å². The third-order valence-electron chi connectivity index (χ3n) is 1.85. The minimum atomic E-state index is -1.45. The molecule has 2 N–H and O–H groups in total. The van der Waals surface area contributed by atoms with Gasteiger partial charge in [0.25, 0.3) is 0 Å². The first kappa shape index (κ1) is 13.0. The van der Waals surface area contributed by atoms with Gasteiger partial charge in [-0.2, -0.15) is 0 Å². The van der Waals surface area contributed by atoms with Crippen LogP contribution in [-0.2, 0) is 4.79 Å². The number of carboxylic acid groups (broad SMARTS) is 1. The zero-order valence-corrected chi connectivity index (χ0v) is 9.39. The minimum absolute atomic E-state index is 0.309. The van der Waals surface area contributed by atoms with Gasteiger partial charge in [-0.1, -0.05) is 17.7 Å². The molecule has 0 saturated heterocycles. The fraction of sp³-hybridized carbons (Fsp3) is 0. The smallest absolute Gasteiger partial charge is 0.370 e. The van der Waals surface area contributed by atoms with Crippen LogP contribution in [0.2, 0.25) is 5.02 Å². The maximum atomic E-state index is 11.5. The van der Waals surface area contributed by atoms with E-state index in [1.54, 1.807) is 24.3 Å². The number of aliphatic carboxylic acids is 1. The maximum absolute atomic E-state index is 11.5. The van der Waals surface area contributed by atoms with Gasteiger partial charge in [0.15, 0.2) is 5.78 Å². The summed E-state index contributed by atoms with van der Waals surface area (Å²) in [5.74, 6) is -2.59. The number of carbonyl (C=O) groups excluding carboxylic acids is 1. The normalized spacial score (nSPS) is 11.7. The predicted molar refractivity (Wildman–Crippen MR) is 63.3 cm³/mol. The van der Waals surface area contributed by atoms with Gasteiger partial charge in [-0.3, -0.25) is 4.79 Å². The molecule has 0 aromatic heterocycles. The van der Waals surface area contributed by atoms with Crippen LogP contribution in [0.1, 0.15) is 10.4 Å². The van der Waals surface area contributed by atoms with Gasteiger partial charge in [0.1, 0.15) is 0 Å². The van der Waals surface area contributed by atoms with Crippen LogP contribution in [-0.4, -0.2) is 22.0 Å². The molecule has 0 aliphatic rings. The van der Waals surface area contributed by atoms with Gasteiger partial charge >= 0.3 is 5.97 Å². The molecule has 4 nitrogen and oxygen atoms in total. The van der Waals surface area contributed by atoms with Crippen molar-refractivity contribution in [3.05, 3.63) is 58.8 Å². The van der Waals surface area contributed by atoms with Gasteiger partial charge in [-0.15, -0.1) is 0 Å². The summed E-state index contributed by atoms with van der Waals surface area (Å²) in [5, 5.41) is 17.7. The Morgan fingerprint density at radius 2 is 1.71 bits per heavy atom. The van der Waals surface area contributed by atoms with E-state index in [-0.39, 0.29) is 5.78 Å². The standard InChI is InChI=1S/C12H9ClO4/c13-9-6-4-8(5-7-9)10(14)2-1-3-11(15)12(16)17/h1-7,15H,(H,16,17)/b2-1+,11-3-. The van der Waals surface area contributed by atoms with Crippen molar-refractivity contribution in [2.45, 2.75) is 0 Å². The van der Waals surface area contributed by atoms with Gasteiger partial charge in [-0.05, 0) is 36.4 Å². The van der Waals surface area contributed by atoms with E-state index in [2.05, 4.69) is 0 Å². The molecule has 0 atom stereocenters. The maximum Gasteiger partial charge on any atom is 0.370 e. The second-order valence-electron chi connectivity index (χ2n) is 3.09. The number of rotatable bonds is 4. The molecule has 0 aliphatic carbocycles. The average Bonchev–Trinajstić information content (AvgIpc) is 2.29. The number of hydrogen-bond donors (Lipinski definition) is 2. The lowest BCUT2D eigenvalue weighted by atomic mass is 10.1. The van der Waals surface area contributed by atoms with Crippen LogP contribution >= 0.6 is 11.6 Å². The highest BCUT2D eigenvalue weighted by Gasteiger charge is 2.02. The van der Waals surface area contributed by atoms with E-state index in [0.717, 1.165) is 12.2 Å². The molecule has 0 spiro atoms. The molecule has 0 amide bonds. The number of carbonyl (C=O) groups is 2.